The third-order valence-corrected chi connectivity index (χ3v) is 5.35. The molecule has 1 amide bonds. The fraction of sp³-hybridized carbons (Fsp3) is 0.321. The highest BCUT2D eigenvalue weighted by atomic mass is 16.1. The van der Waals surface area contributed by atoms with Gasteiger partial charge in [0.05, 0.1) is 17.8 Å². The van der Waals surface area contributed by atoms with E-state index in [0.29, 0.717) is 12.2 Å². The monoisotopic (exact) mass is 427 g/mol. The van der Waals surface area contributed by atoms with E-state index in [1.54, 1.807) is 0 Å². The smallest absolute Gasteiger partial charge is 0.230 e. The Morgan fingerprint density at radius 2 is 1.62 bits per heavy atom. The second-order valence-electron chi connectivity index (χ2n) is 8.23. The van der Waals surface area contributed by atoms with Crippen LogP contribution in [0.1, 0.15) is 67.0 Å². The number of carbonyl (C=O) groups excluding carboxylic acids is 1. The van der Waals surface area contributed by atoms with Crippen LogP contribution in [0.3, 0.4) is 0 Å². The minimum Gasteiger partial charge on any atom is -0.309 e. The minimum absolute atomic E-state index is 0.0755. The molecule has 4 nitrogen and oxygen atoms in total. The second-order valence-corrected chi connectivity index (χ2v) is 8.23. The molecule has 1 heterocycles. The summed E-state index contributed by atoms with van der Waals surface area (Å²) in [5, 5.41) is 3.01. The molecular formula is C28H33N3O. The van der Waals surface area contributed by atoms with Crippen molar-refractivity contribution in [2.45, 2.75) is 60.3 Å². The Balaban J connectivity index is 0.00000141. The molecule has 2 aromatic carbocycles. The molecule has 4 rings (SSSR count). The van der Waals surface area contributed by atoms with Crippen LogP contribution in [0.5, 0.6) is 0 Å². The fourth-order valence-corrected chi connectivity index (χ4v) is 3.80. The number of hydrogen-bond acceptors (Lipinski definition) is 3. The van der Waals surface area contributed by atoms with E-state index in [0.717, 1.165) is 47.5 Å². The first-order valence-electron chi connectivity index (χ1n) is 11.4. The number of allylic oxidation sites excluding steroid dienone is 1. The summed E-state index contributed by atoms with van der Waals surface area (Å²) >= 11 is 0. The van der Waals surface area contributed by atoms with Crippen molar-refractivity contribution in [1.29, 1.82) is 0 Å². The first-order chi connectivity index (χ1) is 15.5. The van der Waals surface area contributed by atoms with Crippen molar-refractivity contribution in [3.05, 3.63) is 93.4 Å². The van der Waals surface area contributed by atoms with Crippen molar-refractivity contribution >= 4 is 17.8 Å². The average molecular weight is 428 g/mol. The highest BCUT2D eigenvalue weighted by Crippen LogP contribution is 2.25. The molecule has 1 aliphatic carbocycles. The minimum atomic E-state index is -0.0755. The molecule has 0 atom stereocenters. The van der Waals surface area contributed by atoms with E-state index in [2.05, 4.69) is 29.6 Å². The molecule has 0 spiro atoms. The Bertz CT molecular complexity index is 1110. The summed E-state index contributed by atoms with van der Waals surface area (Å²) in [6, 6.07) is 16.5. The van der Waals surface area contributed by atoms with E-state index in [1.807, 2.05) is 65.0 Å². The molecule has 0 bridgehead atoms. The van der Waals surface area contributed by atoms with Gasteiger partial charge in [-0.2, -0.15) is 0 Å². The van der Waals surface area contributed by atoms with Crippen LogP contribution in [0, 0.1) is 6.92 Å². The van der Waals surface area contributed by atoms with Gasteiger partial charge in [-0.25, -0.2) is 9.97 Å². The van der Waals surface area contributed by atoms with Crippen LogP contribution in [-0.4, -0.2) is 15.9 Å². The Morgan fingerprint density at radius 1 is 0.938 bits per heavy atom. The van der Waals surface area contributed by atoms with E-state index in [-0.39, 0.29) is 5.91 Å². The molecule has 166 valence electrons. The maximum absolute atomic E-state index is 12.7. The lowest BCUT2D eigenvalue weighted by Crippen LogP contribution is -2.18. The van der Waals surface area contributed by atoms with Gasteiger partial charge in [-0.3, -0.25) is 4.79 Å². The van der Waals surface area contributed by atoms with Crippen molar-refractivity contribution in [1.82, 2.24) is 9.97 Å². The molecule has 0 saturated carbocycles. The maximum Gasteiger partial charge on any atom is 0.230 e. The first kappa shape index (κ1) is 23.4. The Hall–Kier alpha value is -3.27. The number of anilines is 1. The summed E-state index contributed by atoms with van der Waals surface area (Å²) in [5.41, 5.74) is 8.66. The Kier molecular flexibility index (Phi) is 7.93. The molecule has 0 saturated heterocycles. The van der Waals surface area contributed by atoms with Crippen molar-refractivity contribution in [2.24, 2.45) is 0 Å². The van der Waals surface area contributed by atoms with E-state index >= 15 is 0 Å². The SMILES string of the molecule is CC.CC(C)=Cc1nc2c(nc1NC(=O)Cc1ccc(C)cc1)CCc1ccccc1C2. The second kappa shape index (κ2) is 10.9. The lowest BCUT2D eigenvalue weighted by Gasteiger charge is -2.13. The quantitative estimate of drug-likeness (QED) is 0.547. The Morgan fingerprint density at radius 3 is 2.31 bits per heavy atom. The summed E-state index contributed by atoms with van der Waals surface area (Å²) in [4.78, 5) is 22.5. The van der Waals surface area contributed by atoms with Gasteiger partial charge in [-0.05, 0) is 56.4 Å². The summed E-state index contributed by atoms with van der Waals surface area (Å²) < 4.78 is 0. The van der Waals surface area contributed by atoms with Crippen molar-refractivity contribution in [2.75, 3.05) is 5.32 Å². The number of nitrogens with one attached hydrogen (secondary N) is 1. The predicted molar refractivity (Wildman–Crippen MR) is 133 cm³/mol. The van der Waals surface area contributed by atoms with Gasteiger partial charge < -0.3 is 5.32 Å². The maximum atomic E-state index is 12.7. The number of hydrogen-bond donors (Lipinski definition) is 1. The van der Waals surface area contributed by atoms with Gasteiger partial charge in [0.15, 0.2) is 5.82 Å². The zero-order chi connectivity index (χ0) is 23.1. The normalized spacial score (nSPS) is 11.8. The van der Waals surface area contributed by atoms with Crippen molar-refractivity contribution in [3.8, 4) is 0 Å². The van der Waals surface area contributed by atoms with Crippen LogP contribution in [0.25, 0.3) is 6.08 Å². The van der Waals surface area contributed by atoms with Crippen molar-refractivity contribution < 1.29 is 4.79 Å². The molecule has 1 N–H and O–H groups in total. The number of aromatic nitrogens is 2. The van der Waals surface area contributed by atoms with Gasteiger partial charge in [0.25, 0.3) is 0 Å². The molecule has 0 fully saturated rings. The molecule has 32 heavy (non-hydrogen) atoms. The number of fused-ring (bicyclic) bond motifs is 2. The molecule has 0 unspecified atom stereocenters. The largest absolute Gasteiger partial charge is 0.309 e. The zero-order valence-corrected chi connectivity index (χ0v) is 19.8. The molecule has 3 aromatic rings. The highest BCUT2D eigenvalue weighted by molar-refractivity contribution is 5.93. The number of rotatable bonds is 4. The molecule has 1 aromatic heterocycles. The predicted octanol–water partition coefficient (Wildman–Crippen LogP) is 6.11. The van der Waals surface area contributed by atoms with Crippen molar-refractivity contribution in [3.63, 3.8) is 0 Å². The number of benzene rings is 2. The topological polar surface area (TPSA) is 54.9 Å². The molecule has 1 aliphatic rings. The number of carbonyl (C=O) groups is 1. The Labute approximate surface area is 191 Å². The highest BCUT2D eigenvalue weighted by Gasteiger charge is 2.19. The van der Waals surface area contributed by atoms with Crippen LogP contribution in [0.15, 0.2) is 54.1 Å². The van der Waals surface area contributed by atoms with Crippen LogP contribution < -0.4 is 5.32 Å². The van der Waals surface area contributed by atoms with E-state index in [9.17, 15) is 4.79 Å². The molecule has 0 radical (unpaired) electrons. The van der Waals surface area contributed by atoms with E-state index < -0.39 is 0 Å². The molecule has 0 aliphatic heterocycles. The third kappa shape index (κ3) is 5.91. The first-order valence-corrected chi connectivity index (χ1v) is 11.4. The van der Waals surface area contributed by atoms with Gasteiger partial charge in [-0.1, -0.05) is 73.5 Å². The zero-order valence-electron chi connectivity index (χ0n) is 19.8. The molecule has 4 heteroatoms. The van der Waals surface area contributed by atoms with Gasteiger partial charge >= 0.3 is 0 Å². The number of amides is 1. The summed E-state index contributed by atoms with van der Waals surface area (Å²) in [7, 11) is 0. The lowest BCUT2D eigenvalue weighted by atomic mass is 10.0. The fourth-order valence-electron chi connectivity index (χ4n) is 3.80. The van der Waals surface area contributed by atoms with Gasteiger partial charge in [0.2, 0.25) is 5.91 Å². The third-order valence-electron chi connectivity index (χ3n) is 5.35. The standard InChI is InChI=1S/C26H27N3O.C2H6/c1-17(2)14-24-26(29-25(30)15-19-10-8-18(3)9-11-19)28-22-13-12-20-6-4-5-7-21(20)16-23(22)27-24;1-2/h4-11,14H,12-13,15-16H2,1-3H3,(H,28,29,30);1-2H3. The van der Waals surface area contributed by atoms with E-state index in [1.165, 1.54) is 16.7 Å². The summed E-state index contributed by atoms with van der Waals surface area (Å²) in [6.45, 7) is 10.1. The lowest BCUT2D eigenvalue weighted by molar-refractivity contribution is -0.115. The van der Waals surface area contributed by atoms with Crippen LogP contribution in [0.4, 0.5) is 5.82 Å². The summed E-state index contributed by atoms with van der Waals surface area (Å²) in [5.74, 6) is 0.478. The van der Waals surface area contributed by atoms with Gasteiger partial charge in [0, 0.05) is 6.42 Å². The van der Waals surface area contributed by atoms with Crippen LogP contribution in [-0.2, 0) is 30.5 Å². The summed E-state index contributed by atoms with van der Waals surface area (Å²) in [6.07, 6.45) is 4.86. The number of nitrogens with zero attached hydrogens (tertiary/aromatic N) is 2. The van der Waals surface area contributed by atoms with Crippen LogP contribution >= 0.6 is 0 Å². The molecular weight excluding hydrogens is 394 g/mol. The van der Waals surface area contributed by atoms with E-state index in [4.69, 9.17) is 9.97 Å². The van der Waals surface area contributed by atoms with Gasteiger partial charge in [-0.15, -0.1) is 0 Å². The van der Waals surface area contributed by atoms with Crippen LogP contribution in [0.2, 0.25) is 0 Å². The van der Waals surface area contributed by atoms with Gasteiger partial charge in [0.1, 0.15) is 5.69 Å². The average Bonchev–Trinajstić information content (AvgIpc) is 2.95. The number of aryl methyl sites for hydroxylation is 3.